The minimum Gasteiger partial charge on any atom is -0.351 e. The van der Waals surface area contributed by atoms with E-state index < -0.39 is 0 Å². The van der Waals surface area contributed by atoms with Crippen LogP contribution in [0.2, 0.25) is 0 Å². The Labute approximate surface area is 184 Å². The lowest BCUT2D eigenvalue weighted by Gasteiger charge is -2.22. The Balaban J connectivity index is 0.00000256. The van der Waals surface area contributed by atoms with E-state index in [1.54, 1.807) is 0 Å². The Morgan fingerprint density at radius 3 is 2.33 bits per heavy atom. The van der Waals surface area contributed by atoms with E-state index in [2.05, 4.69) is 64.3 Å². The van der Waals surface area contributed by atoms with Gasteiger partial charge in [0.15, 0.2) is 0 Å². The lowest BCUT2D eigenvalue weighted by atomic mass is 9.88. The van der Waals surface area contributed by atoms with Gasteiger partial charge in [-0.3, -0.25) is 9.48 Å². The lowest BCUT2D eigenvalue weighted by Crippen LogP contribution is -2.32. The van der Waals surface area contributed by atoms with Gasteiger partial charge in [-0.15, -0.1) is 12.4 Å². The first-order valence-electron chi connectivity index (χ1n) is 10.5. The maximum absolute atomic E-state index is 12.6. The van der Waals surface area contributed by atoms with Crippen molar-refractivity contribution in [2.75, 3.05) is 19.6 Å². The van der Waals surface area contributed by atoms with E-state index in [1.807, 2.05) is 29.1 Å². The van der Waals surface area contributed by atoms with Gasteiger partial charge in [-0.25, -0.2) is 0 Å². The summed E-state index contributed by atoms with van der Waals surface area (Å²) in [5.74, 6) is 0.149. The molecule has 30 heavy (non-hydrogen) atoms. The van der Waals surface area contributed by atoms with E-state index in [1.165, 1.54) is 11.1 Å². The molecule has 0 bridgehead atoms. The van der Waals surface area contributed by atoms with Crippen LogP contribution in [0.25, 0.3) is 0 Å². The van der Waals surface area contributed by atoms with Gasteiger partial charge in [0, 0.05) is 25.2 Å². The second-order valence-corrected chi connectivity index (χ2v) is 7.60. The monoisotopic (exact) mass is 424 g/mol. The molecule has 4 rings (SSSR count). The zero-order valence-electron chi connectivity index (χ0n) is 17.0. The predicted molar refractivity (Wildman–Crippen MR) is 122 cm³/mol. The summed E-state index contributed by atoms with van der Waals surface area (Å²) in [6.07, 6.45) is 5.01. The molecule has 1 amide bonds. The first-order valence-corrected chi connectivity index (χ1v) is 10.5. The number of nitrogens with one attached hydrogen (secondary N) is 2. The van der Waals surface area contributed by atoms with E-state index in [0.29, 0.717) is 18.3 Å². The zero-order valence-corrected chi connectivity index (χ0v) is 17.9. The number of carbonyl (C=O) groups excluding carboxylic acids is 1. The molecule has 0 aliphatic carbocycles. The Kier molecular flexibility index (Phi) is 8.05. The fraction of sp³-hybridized carbons (Fsp3) is 0.333. The summed E-state index contributed by atoms with van der Waals surface area (Å²) in [6, 6.07) is 23.1. The van der Waals surface area contributed by atoms with Crippen LogP contribution in [0.3, 0.4) is 0 Å². The molecular weight excluding hydrogens is 396 g/mol. The van der Waals surface area contributed by atoms with Gasteiger partial charge in [-0.05, 0) is 43.0 Å². The summed E-state index contributed by atoms with van der Waals surface area (Å²) in [6.45, 7) is 2.58. The maximum atomic E-state index is 12.6. The van der Waals surface area contributed by atoms with E-state index in [-0.39, 0.29) is 24.2 Å². The molecule has 6 heteroatoms. The Hall–Kier alpha value is -2.63. The normalized spacial score (nSPS) is 16.1. The van der Waals surface area contributed by atoms with Crippen LogP contribution in [0, 0.1) is 0 Å². The number of benzene rings is 2. The second-order valence-electron chi connectivity index (χ2n) is 7.60. The van der Waals surface area contributed by atoms with E-state index >= 15 is 0 Å². The number of hydrogen-bond donors (Lipinski definition) is 2. The third-order valence-corrected chi connectivity index (χ3v) is 5.61. The minimum atomic E-state index is -0.104. The highest BCUT2D eigenvalue weighted by Crippen LogP contribution is 2.27. The van der Waals surface area contributed by atoms with E-state index in [4.69, 9.17) is 0 Å². The van der Waals surface area contributed by atoms with Gasteiger partial charge in [0.05, 0.1) is 6.04 Å². The Morgan fingerprint density at radius 1 is 1.07 bits per heavy atom. The number of carbonyl (C=O) groups is 1. The Morgan fingerprint density at radius 2 is 1.73 bits per heavy atom. The average molecular weight is 425 g/mol. The summed E-state index contributed by atoms with van der Waals surface area (Å²) in [7, 11) is 0. The zero-order chi connectivity index (χ0) is 19.9. The number of aromatic nitrogens is 2. The van der Waals surface area contributed by atoms with E-state index in [0.717, 1.165) is 32.4 Å². The number of rotatable bonds is 7. The number of amides is 1. The molecule has 158 valence electrons. The molecule has 2 heterocycles. The first-order chi connectivity index (χ1) is 14.3. The van der Waals surface area contributed by atoms with Gasteiger partial charge in [0.1, 0.15) is 5.69 Å². The van der Waals surface area contributed by atoms with Crippen molar-refractivity contribution < 1.29 is 4.79 Å². The topological polar surface area (TPSA) is 59.0 Å². The summed E-state index contributed by atoms with van der Waals surface area (Å²) in [5.41, 5.74) is 3.02. The summed E-state index contributed by atoms with van der Waals surface area (Å²) < 4.78 is 1.93. The summed E-state index contributed by atoms with van der Waals surface area (Å²) in [5, 5.41) is 11.0. The van der Waals surface area contributed by atoms with Crippen molar-refractivity contribution in [2.45, 2.75) is 31.2 Å². The average Bonchev–Trinajstić information content (AvgIpc) is 3.29. The number of halogens is 1. The fourth-order valence-corrected chi connectivity index (χ4v) is 4.04. The van der Waals surface area contributed by atoms with Crippen molar-refractivity contribution in [3.63, 3.8) is 0 Å². The van der Waals surface area contributed by atoms with Gasteiger partial charge in [0.25, 0.3) is 5.91 Å². The standard InChI is InChI=1S/C24H28N4O.ClH/c29-24(23-14-17-28(27-23)21-12-7-15-25-18-21)26-16-13-22(19-8-3-1-4-9-19)20-10-5-2-6-11-20;/h1-6,8-11,14,17,21-22,25H,7,12-13,15-16,18H2,(H,26,29);1H. The molecule has 1 aromatic heterocycles. The lowest BCUT2D eigenvalue weighted by molar-refractivity contribution is 0.0946. The van der Waals surface area contributed by atoms with Crippen molar-refractivity contribution in [3.05, 3.63) is 89.7 Å². The molecule has 1 saturated heterocycles. The third-order valence-electron chi connectivity index (χ3n) is 5.61. The quantitative estimate of drug-likeness (QED) is 0.598. The van der Waals surface area contributed by atoms with Crippen LogP contribution in [-0.2, 0) is 0 Å². The highest BCUT2D eigenvalue weighted by atomic mass is 35.5. The minimum absolute atomic E-state index is 0. The van der Waals surface area contributed by atoms with Gasteiger partial charge in [-0.2, -0.15) is 5.10 Å². The van der Waals surface area contributed by atoms with Crippen LogP contribution in [0.4, 0.5) is 0 Å². The highest BCUT2D eigenvalue weighted by molar-refractivity contribution is 5.92. The summed E-state index contributed by atoms with van der Waals surface area (Å²) >= 11 is 0. The molecule has 0 spiro atoms. The van der Waals surface area contributed by atoms with Gasteiger partial charge in [-0.1, -0.05) is 60.7 Å². The molecule has 5 nitrogen and oxygen atoms in total. The van der Waals surface area contributed by atoms with Crippen LogP contribution in [-0.4, -0.2) is 35.3 Å². The van der Waals surface area contributed by atoms with Gasteiger partial charge >= 0.3 is 0 Å². The molecule has 0 radical (unpaired) electrons. The van der Waals surface area contributed by atoms with Crippen LogP contribution in [0.15, 0.2) is 72.9 Å². The van der Waals surface area contributed by atoms with Crippen LogP contribution in [0.1, 0.15) is 52.8 Å². The molecule has 1 aliphatic rings. The second kappa shape index (κ2) is 11.0. The smallest absolute Gasteiger partial charge is 0.271 e. The number of hydrogen-bond acceptors (Lipinski definition) is 3. The molecule has 1 aliphatic heterocycles. The van der Waals surface area contributed by atoms with Gasteiger partial charge in [0.2, 0.25) is 0 Å². The Bertz CT molecular complexity index is 868. The molecule has 1 fully saturated rings. The predicted octanol–water partition coefficient (Wildman–Crippen LogP) is 4.18. The molecular formula is C24H29ClN4O. The molecule has 1 unspecified atom stereocenters. The SMILES string of the molecule is Cl.O=C(NCCC(c1ccccc1)c1ccccc1)c1ccn(C2CCCNC2)n1. The largest absolute Gasteiger partial charge is 0.351 e. The third kappa shape index (κ3) is 5.49. The fourth-order valence-electron chi connectivity index (χ4n) is 4.04. The molecule has 1 atom stereocenters. The van der Waals surface area contributed by atoms with Crippen molar-refractivity contribution >= 4 is 18.3 Å². The first kappa shape index (κ1) is 22.1. The van der Waals surface area contributed by atoms with Crippen molar-refractivity contribution in [2.24, 2.45) is 0 Å². The molecule has 0 saturated carbocycles. The van der Waals surface area contributed by atoms with Crippen molar-refractivity contribution in [1.82, 2.24) is 20.4 Å². The molecule has 2 aromatic carbocycles. The van der Waals surface area contributed by atoms with Crippen LogP contribution >= 0.6 is 12.4 Å². The van der Waals surface area contributed by atoms with Gasteiger partial charge < -0.3 is 10.6 Å². The van der Waals surface area contributed by atoms with E-state index in [9.17, 15) is 4.79 Å². The van der Waals surface area contributed by atoms with Crippen molar-refractivity contribution in [1.29, 1.82) is 0 Å². The molecule has 3 aromatic rings. The van der Waals surface area contributed by atoms with Crippen LogP contribution in [0.5, 0.6) is 0 Å². The molecule has 2 N–H and O–H groups in total. The number of piperidine rings is 1. The highest BCUT2D eigenvalue weighted by Gasteiger charge is 2.18. The maximum Gasteiger partial charge on any atom is 0.271 e. The number of nitrogens with zero attached hydrogens (tertiary/aromatic N) is 2. The van der Waals surface area contributed by atoms with Crippen molar-refractivity contribution in [3.8, 4) is 0 Å². The summed E-state index contributed by atoms with van der Waals surface area (Å²) in [4.78, 5) is 12.6. The van der Waals surface area contributed by atoms with Crippen LogP contribution < -0.4 is 10.6 Å².